The maximum Gasteiger partial charge on any atom is 0.240 e. The van der Waals surface area contributed by atoms with Gasteiger partial charge in [0.25, 0.3) is 0 Å². The molecule has 0 radical (unpaired) electrons. The minimum atomic E-state index is -0.423. The number of benzene rings is 1. The highest BCUT2D eigenvalue weighted by molar-refractivity contribution is 6.23. The first-order valence-corrected chi connectivity index (χ1v) is 6.90. The second kappa shape index (κ2) is 4.11. The number of imide groups is 1. The fourth-order valence-corrected chi connectivity index (χ4v) is 3.42. The van der Waals surface area contributed by atoms with E-state index in [1.807, 2.05) is 12.2 Å². The van der Waals surface area contributed by atoms with Crippen molar-refractivity contribution in [3.63, 3.8) is 0 Å². The van der Waals surface area contributed by atoms with Crippen LogP contribution in [0, 0.1) is 11.8 Å². The fourth-order valence-electron chi connectivity index (χ4n) is 3.42. The molecule has 0 aliphatic carbocycles. The van der Waals surface area contributed by atoms with Crippen molar-refractivity contribution in [1.82, 2.24) is 0 Å². The lowest BCUT2D eigenvalue weighted by molar-refractivity contribution is -0.124. The number of hydrogen-bond donors (Lipinski definition) is 0. The number of fused-ring (bicyclic) bond motifs is 5. The van der Waals surface area contributed by atoms with E-state index in [4.69, 9.17) is 4.74 Å². The third-order valence-corrected chi connectivity index (χ3v) is 4.42. The van der Waals surface area contributed by atoms with Gasteiger partial charge >= 0.3 is 0 Å². The molecule has 1 aromatic rings. The molecule has 3 aliphatic heterocycles. The van der Waals surface area contributed by atoms with Crippen molar-refractivity contribution < 1.29 is 19.1 Å². The Balaban J connectivity index is 1.74. The molecular formula is C16H13NO4. The zero-order valence-electron chi connectivity index (χ0n) is 11.4. The number of nitrogens with zero attached hydrogens (tertiary/aromatic N) is 1. The topological polar surface area (TPSA) is 63.7 Å². The molecular weight excluding hydrogens is 270 g/mol. The van der Waals surface area contributed by atoms with Crippen LogP contribution in [0.1, 0.15) is 17.3 Å². The molecule has 2 fully saturated rings. The summed E-state index contributed by atoms with van der Waals surface area (Å²) in [6.45, 7) is 1.46. The summed E-state index contributed by atoms with van der Waals surface area (Å²) in [7, 11) is 0. The summed E-state index contributed by atoms with van der Waals surface area (Å²) in [6, 6.07) is 6.63. The highest BCUT2D eigenvalue weighted by Crippen LogP contribution is 2.46. The first kappa shape index (κ1) is 12.5. The normalized spacial score (nSPS) is 32.9. The minimum Gasteiger partial charge on any atom is -0.365 e. The Kier molecular flexibility index (Phi) is 2.44. The molecule has 2 amide bonds. The Morgan fingerprint density at radius 2 is 1.71 bits per heavy atom. The zero-order chi connectivity index (χ0) is 14.7. The molecule has 3 heterocycles. The van der Waals surface area contributed by atoms with Gasteiger partial charge in [0.15, 0.2) is 5.78 Å². The van der Waals surface area contributed by atoms with E-state index in [1.54, 1.807) is 24.3 Å². The van der Waals surface area contributed by atoms with Crippen LogP contribution in [0.4, 0.5) is 5.69 Å². The number of ketones is 1. The van der Waals surface area contributed by atoms with Crippen LogP contribution >= 0.6 is 0 Å². The molecule has 0 unspecified atom stereocenters. The number of rotatable bonds is 2. The molecule has 21 heavy (non-hydrogen) atoms. The van der Waals surface area contributed by atoms with Gasteiger partial charge in [-0.05, 0) is 19.1 Å². The molecule has 4 rings (SSSR count). The van der Waals surface area contributed by atoms with Crippen LogP contribution in [0.2, 0.25) is 0 Å². The molecule has 2 bridgehead atoms. The quantitative estimate of drug-likeness (QED) is 0.466. The fraction of sp³-hybridized carbons (Fsp3) is 0.312. The summed E-state index contributed by atoms with van der Waals surface area (Å²) in [5.74, 6) is -1.41. The summed E-state index contributed by atoms with van der Waals surface area (Å²) in [5.41, 5.74) is 0.953. The summed E-state index contributed by atoms with van der Waals surface area (Å²) >= 11 is 0. The lowest BCUT2D eigenvalue weighted by atomic mass is 9.85. The van der Waals surface area contributed by atoms with E-state index in [-0.39, 0.29) is 29.8 Å². The van der Waals surface area contributed by atoms with E-state index in [0.29, 0.717) is 11.3 Å². The van der Waals surface area contributed by atoms with Gasteiger partial charge in [-0.15, -0.1) is 0 Å². The largest absolute Gasteiger partial charge is 0.365 e. The van der Waals surface area contributed by atoms with Gasteiger partial charge in [-0.25, -0.2) is 4.90 Å². The van der Waals surface area contributed by atoms with Gasteiger partial charge in [0.05, 0.1) is 29.7 Å². The lowest BCUT2D eigenvalue weighted by Crippen LogP contribution is -2.34. The Labute approximate surface area is 121 Å². The molecule has 4 atom stereocenters. The average molecular weight is 283 g/mol. The number of carbonyl (C=O) groups excluding carboxylic acids is 3. The van der Waals surface area contributed by atoms with Crippen molar-refractivity contribution >= 4 is 23.3 Å². The highest BCUT2D eigenvalue weighted by Gasteiger charge is 2.60. The minimum absolute atomic E-state index is 0.0961. The van der Waals surface area contributed by atoms with Crippen molar-refractivity contribution in [2.75, 3.05) is 4.90 Å². The number of Topliss-reactive ketones (excluding diaryl/α,β-unsaturated/α-hetero) is 1. The van der Waals surface area contributed by atoms with Crippen LogP contribution in [-0.4, -0.2) is 29.8 Å². The Bertz CT molecular complexity index is 678. The molecule has 5 heteroatoms. The van der Waals surface area contributed by atoms with E-state index in [1.165, 1.54) is 11.8 Å². The number of carbonyl (C=O) groups is 3. The third kappa shape index (κ3) is 1.58. The van der Waals surface area contributed by atoms with Crippen molar-refractivity contribution in [1.29, 1.82) is 0 Å². The van der Waals surface area contributed by atoms with Gasteiger partial charge in [-0.2, -0.15) is 0 Å². The highest BCUT2D eigenvalue weighted by atomic mass is 16.5. The Morgan fingerprint density at radius 3 is 2.29 bits per heavy atom. The number of amides is 2. The first-order valence-electron chi connectivity index (χ1n) is 6.90. The van der Waals surface area contributed by atoms with Gasteiger partial charge in [-0.3, -0.25) is 14.4 Å². The average Bonchev–Trinajstić information content (AvgIpc) is 3.13. The molecule has 3 aliphatic rings. The van der Waals surface area contributed by atoms with Crippen molar-refractivity contribution in [2.45, 2.75) is 19.1 Å². The van der Waals surface area contributed by atoms with Crippen molar-refractivity contribution in [3.05, 3.63) is 42.0 Å². The molecule has 106 valence electrons. The van der Waals surface area contributed by atoms with Crippen LogP contribution in [0.15, 0.2) is 36.4 Å². The van der Waals surface area contributed by atoms with Crippen molar-refractivity contribution in [3.8, 4) is 0 Å². The predicted octanol–water partition coefficient (Wildman–Crippen LogP) is 1.33. The van der Waals surface area contributed by atoms with E-state index >= 15 is 0 Å². The smallest absolute Gasteiger partial charge is 0.240 e. The number of hydrogen-bond acceptors (Lipinski definition) is 4. The number of anilines is 1. The summed E-state index contributed by atoms with van der Waals surface area (Å²) < 4.78 is 5.59. The summed E-state index contributed by atoms with van der Waals surface area (Å²) in [6.07, 6.45) is 3.12. The van der Waals surface area contributed by atoms with Crippen LogP contribution in [0.5, 0.6) is 0 Å². The lowest BCUT2D eigenvalue weighted by Gasteiger charge is -2.18. The predicted molar refractivity (Wildman–Crippen MR) is 73.7 cm³/mol. The maximum absolute atomic E-state index is 12.6. The van der Waals surface area contributed by atoms with E-state index in [0.717, 1.165) is 0 Å². The van der Waals surface area contributed by atoms with Gasteiger partial charge in [0.2, 0.25) is 11.8 Å². The van der Waals surface area contributed by atoms with Crippen molar-refractivity contribution in [2.24, 2.45) is 11.8 Å². The molecule has 1 aromatic carbocycles. The van der Waals surface area contributed by atoms with Gasteiger partial charge in [0.1, 0.15) is 0 Å². The third-order valence-electron chi connectivity index (χ3n) is 4.42. The number of ether oxygens (including phenoxy) is 1. The monoisotopic (exact) mass is 283 g/mol. The molecule has 0 saturated carbocycles. The standard InChI is InChI=1S/C16H13NO4/c1-8(18)9-3-2-4-10(7-9)17-15(19)13-11-5-6-12(21-11)14(13)16(17)20/h2-7,11-14H,1H3/t11-,12-,13-,14+/m0/s1. The van der Waals surface area contributed by atoms with E-state index < -0.39 is 11.8 Å². The molecule has 0 N–H and O–H groups in total. The SMILES string of the molecule is CC(=O)c1cccc(N2C(=O)[C@@H]3[C@H](C2=O)[C@@H]2C=C[C@@H]3O2)c1. The van der Waals surface area contributed by atoms with Crippen LogP contribution in [0.25, 0.3) is 0 Å². The molecule has 2 saturated heterocycles. The van der Waals surface area contributed by atoms with Gasteiger partial charge in [-0.1, -0.05) is 24.3 Å². The van der Waals surface area contributed by atoms with Crippen LogP contribution in [-0.2, 0) is 14.3 Å². The zero-order valence-corrected chi connectivity index (χ0v) is 11.4. The second-order valence-corrected chi connectivity index (χ2v) is 5.62. The van der Waals surface area contributed by atoms with Gasteiger partial charge < -0.3 is 4.74 Å². The Hall–Kier alpha value is -2.27. The molecule has 5 nitrogen and oxygen atoms in total. The van der Waals surface area contributed by atoms with E-state index in [2.05, 4.69) is 0 Å². The molecule has 0 aromatic heterocycles. The Morgan fingerprint density at radius 1 is 1.10 bits per heavy atom. The first-order chi connectivity index (χ1) is 10.1. The molecule has 0 spiro atoms. The van der Waals surface area contributed by atoms with Gasteiger partial charge in [0, 0.05) is 5.56 Å². The second-order valence-electron chi connectivity index (χ2n) is 5.62. The van der Waals surface area contributed by atoms with Crippen LogP contribution in [0.3, 0.4) is 0 Å². The summed E-state index contributed by atoms with van der Waals surface area (Å²) in [4.78, 5) is 37.8. The van der Waals surface area contributed by atoms with Crippen LogP contribution < -0.4 is 4.90 Å². The maximum atomic E-state index is 12.6. The summed E-state index contributed by atoms with van der Waals surface area (Å²) in [5, 5.41) is 0. The van der Waals surface area contributed by atoms with E-state index in [9.17, 15) is 14.4 Å².